The molecule has 2 saturated heterocycles. The zero-order valence-electron chi connectivity index (χ0n) is 20.4. The zero-order chi connectivity index (χ0) is 25.4. The van der Waals surface area contributed by atoms with Crippen LogP contribution in [0.25, 0.3) is 0 Å². The molecule has 0 bridgehead atoms. The van der Waals surface area contributed by atoms with Crippen LogP contribution < -0.4 is 14.7 Å². The summed E-state index contributed by atoms with van der Waals surface area (Å²) in [7, 11) is 0. The number of imide groups is 1. The van der Waals surface area contributed by atoms with E-state index in [-0.39, 0.29) is 29.6 Å². The number of piperazine rings is 1. The average Bonchev–Trinajstić information content (AvgIpc) is 3.19. The Hall–Kier alpha value is -4.20. The van der Waals surface area contributed by atoms with E-state index in [0.717, 1.165) is 23.6 Å². The highest BCUT2D eigenvalue weighted by atomic mass is 16.6. The molecule has 0 N–H and O–H groups in total. The lowest BCUT2D eigenvalue weighted by atomic mass is 9.98. The third-order valence-electron chi connectivity index (χ3n) is 7.09. The van der Waals surface area contributed by atoms with Crippen molar-refractivity contribution >= 4 is 34.6 Å². The molecule has 1 atom stereocenters. The summed E-state index contributed by atoms with van der Waals surface area (Å²) in [6.07, 6.45) is 0.0543. The minimum Gasteiger partial charge on any atom is -0.368 e. The van der Waals surface area contributed by atoms with Gasteiger partial charge in [0.05, 0.1) is 16.5 Å². The summed E-state index contributed by atoms with van der Waals surface area (Å²) in [6.45, 7) is 6.91. The van der Waals surface area contributed by atoms with Crippen LogP contribution in [0, 0.1) is 24.0 Å². The summed E-state index contributed by atoms with van der Waals surface area (Å²) in [5.41, 5.74) is 5.01. The van der Waals surface area contributed by atoms with Crippen LogP contribution in [0.2, 0.25) is 0 Å². The van der Waals surface area contributed by atoms with Gasteiger partial charge in [0, 0.05) is 44.4 Å². The van der Waals surface area contributed by atoms with E-state index < -0.39 is 10.8 Å². The second-order valence-corrected chi connectivity index (χ2v) is 9.43. The van der Waals surface area contributed by atoms with E-state index in [2.05, 4.69) is 36.9 Å². The Morgan fingerprint density at radius 2 is 1.50 bits per heavy atom. The van der Waals surface area contributed by atoms with Crippen molar-refractivity contribution in [3.05, 3.63) is 93.5 Å². The predicted octanol–water partition coefficient (Wildman–Crippen LogP) is 4.59. The van der Waals surface area contributed by atoms with Crippen LogP contribution in [0.15, 0.2) is 66.7 Å². The minimum atomic E-state index is -0.574. The molecule has 184 valence electrons. The van der Waals surface area contributed by atoms with E-state index >= 15 is 0 Å². The summed E-state index contributed by atoms with van der Waals surface area (Å²) in [6, 6.07) is 20.2. The number of aryl methyl sites for hydroxylation is 2. The van der Waals surface area contributed by atoms with Gasteiger partial charge in [-0.1, -0.05) is 42.5 Å². The van der Waals surface area contributed by atoms with Crippen molar-refractivity contribution in [1.29, 1.82) is 0 Å². The Morgan fingerprint density at radius 1 is 0.833 bits per heavy atom. The number of rotatable bonds is 5. The van der Waals surface area contributed by atoms with E-state index in [0.29, 0.717) is 18.8 Å². The SMILES string of the molecule is Cc1ccc(C)c(N2CCN(c3ccc(N4C(=O)C[C@@H](c5ccccc5)C4=O)cc3[N+](=O)[O-])CC2)c1. The van der Waals surface area contributed by atoms with Crippen LogP contribution in [0.1, 0.15) is 29.0 Å². The number of benzene rings is 3. The first kappa shape index (κ1) is 23.5. The fourth-order valence-corrected chi connectivity index (χ4v) is 5.16. The number of nitro benzene ring substituents is 1. The lowest BCUT2D eigenvalue weighted by Gasteiger charge is -2.38. The summed E-state index contributed by atoms with van der Waals surface area (Å²) in [4.78, 5) is 42.9. The van der Waals surface area contributed by atoms with Crippen LogP contribution in [0.4, 0.5) is 22.7 Å². The fraction of sp³-hybridized carbons (Fsp3) is 0.286. The molecule has 3 aromatic rings. The average molecular weight is 485 g/mol. The van der Waals surface area contributed by atoms with Gasteiger partial charge in [-0.2, -0.15) is 0 Å². The molecule has 0 unspecified atom stereocenters. The summed E-state index contributed by atoms with van der Waals surface area (Å²) >= 11 is 0. The number of carbonyl (C=O) groups excluding carboxylic acids is 2. The molecule has 2 amide bonds. The lowest BCUT2D eigenvalue weighted by Crippen LogP contribution is -2.47. The molecular formula is C28H28N4O4. The largest absolute Gasteiger partial charge is 0.368 e. The smallest absolute Gasteiger partial charge is 0.294 e. The summed E-state index contributed by atoms with van der Waals surface area (Å²) < 4.78 is 0. The van der Waals surface area contributed by atoms with Crippen molar-refractivity contribution in [2.24, 2.45) is 0 Å². The molecule has 2 fully saturated rings. The van der Waals surface area contributed by atoms with E-state index in [1.165, 1.54) is 22.9 Å². The van der Waals surface area contributed by atoms with Gasteiger partial charge in [0.15, 0.2) is 0 Å². The number of nitrogens with zero attached hydrogens (tertiary/aromatic N) is 4. The van der Waals surface area contributed by atoms with E-state index in [1.54, 1.807) is 12.1 Å². The molecule has 3 aromatic carbocycles. The van der Waals surface area contributed by atoms with Gasteiger partial charge in [-0.15, -0.1) is 0 Å². The third-order valence-corrected chi connectivity index (χ3v) is 7.09. The quantitative estimate of drug-likeness (QED) is 0.299. The van der Waals surface area contributed by atoms with Gasteiger partial charge >= 0.3 is 0 Å². The van der Waals surface area contributed by atoms with Gasteiger partial charge in [0.1, 0.15) is 5.69 Å². The Morgan fingerprint density at radius 3 is 2.17 bits per heavy atom. The zero-order valence-corrected chi connectivity index (χ0v) is 20.4. The van der Waals surface area contributed by atoms with Crippen molar-refractivity contribution in [1.82, 2.24) is 0 Å². The predicted molar refractivity (Wildman–Crippen MR) is 140 cm³/mol. The van der Waals surface area contributed by atoms with E-state index in [1.807, 2.05) is 35.2 Å². The number of hydrogen-bond acceptors (Lipinski definition) is 6. The molecule has 2 aliphatic heterocycles. The van der Waals surface area contributed by atoms with Crippen molar-refractivity contribution < 1.29 is 14.5 Å². The Kier molecular flexibility index (Phi) is 6.18. The second-order valence-electron chi connectivity index (χ2n) is 9.43. The number of hydrogen-bond donors (Lipinski definition) is 0. The molecule has 8 heteroatoms. The molecule has 2 aliphatic rings. The van der Waals surface area contributed by atoms with Gasteiger partial charge in [-0.25, -0.2) is 4.90 Å². The van der Waals surface area contributed by atoms with E-state index in [4.69, 9.17) is 0 Å². The summed E-state index contributed by atoms with van der Waals surface area (Å²) in [5.74, 6) is -1.27. The number of anilines is 3. The lowest BCUT2D eigenvalue weighted by molar-refractivity contribution is -0.384. The molecule has 36 heavy (non-hydrogen) atoms. The van der Waals surface area contributed by atoms with Gasteiger partial charge < -0.3 is 9.80 Å². The molecule has 0 spiro atoms. The Balaban J connectivity index is 1.37. The van der Waals surface area contributed by atoms with Gasteiger partial charge in [0.25, 0.3) is 5.69 Å². The molecule has 0 aliphatic carbocycles. The molecule has 2 heterocycles. The summed E-state index contributed by atoms with van der Waals surface area (Å²) in [5, 5.41) is 12.0. The van der Waals surface area contributed by atoms with Crippen LogP contribution in [0.5, 0.6) is 0 Å². The maximum Gasteiger partial charge on any atom is 0.294 e. The third kappa shape index (κ3) is 4.30. The first-order valence-electron chi connectivity index (χ1n) is 12.1. The monoisotopic (exact) mass is 484 g/mol. The number of nitro groups is 1. The van der Waals surface area contributed by atoms with Crippen LogP contribution in [0.3, 0.4) is 0 Å². The standard InChI is InChI=1S/C28H28N4O4/c1-19-8-9-20(2)25(16-19)30-14-12-29(13-15-30)24-11-10-22(17-26(24)32(35)36)31-27(33)18-23(28(31)34)21-6-4-3-5-7-21/h3-11,16-17,23H,12-15,18H2,1-2H3/t23-/m0/s1. The fourth-order valence-electron chi connectivity index (χ4n) is 5.16. The Labute approximate surface area is 209 Å². The second kappa shape index (κ2) is 9.45. The maximum absolute atomic E-state index is 13.1. The van der Waals surface area contributed by atoms with Crippen LogP contribution in [-0.4, -0.2) is 42.9 Å². The van der Waals surface area contributed by atoms with Crippen LogP contribution in [-0.2, 0) is 9.59 Å². The molecule has 8 nitrogen and oxygen atoms in total. The number of amides is 2. The molecular weight excluding hydrogens is 456 g/mol. The van der Waals surface area contributed by atoms with E-state index in [9.17, 15) is 19.7 Å². The first-order valence-corrected chi connectivity index (χ1v) is 12.1. The molecule has 0 aromatic heterocycles. The van der Waals surface area contributed by atoms with Crippen molar-refractivity contribution in [3.63, 3.8) is 0 Å². The van der Waals surface area contributed by atoms with Crippen molar-refractivity contribution in [2.45, 2.75) is 26.2 Å². The Bertz CT molecular complexity index is 1330. The molecule has 0 radical (unpaired) electrons. The topological polar surface area (TPSA) is 87.0 Å². The maximum atomic E-state index is 13.1. The normalized spacial score (nSPS) is 18.2. The van der Waals surface area contributed by atoms with Crippen LogP contribution >= 0.6 is 0 Å². The highest BCUT2D eigenvalue weighted by molar-refractivity contribution is 6.22. The van der Waals surface area contributed by atoms with Gasteiger partial charge in [-0.05, 0) is 48.7 Å². The first-order chi connectivity index (χ1) is 17.3. The van der Waals surface area contributed by atoms with Gasteiger partial charge in [-0.3, -0.25) is 19.7 Å². The number of carbonyl (C=O) groups is 2. The van der Waals surface area contributed by atoms with Gasteiger partial charge in [0.2, 0.25) is 11.8 Å². The highest BCUT2D eigenvalue weighted by Gasteiger charge is 2.41. The molecule has 0 saturated carbocycles. The van der Waals surface area contributed by atoms with Crippen molar-refractivity contribution in [3.8, 4) is 0 Å². The highest BCUT2D eigenvalue weighted by Crippen LogP contribution is 2.38. The molecule has 5 rings (SSSR count). The minimum absolute atomic E-state index is 0.0543. The van der Waals surface area contributed by atoms with Crippen molar-refractivity contribution in [2.75, 3.05) is 40.9 Å².